The Labute approximate surface area is 131 Å². The number of guanidine groups is 1. The van der Waals surface area contributed by atoms with Gasteiger partial charge in [-0.05, 0) is 39.9 Å². The average Bonchev–Trinajstić information content (AvgIpc) is 2.84. The first-order valence-corrected chi connectivity index (χ1v) is 8.61. The van der Waals surface area contributed by atoms with Gasteiger partial charge < -0.3 is 10.6 Å². The highest BCUT2D eigenvalue weighted by molar-refractivity contribution is 7.99. The minimum Gasteiger partial charge on any atom is -0.355 e. The van der Waals surface area contributed by atoms with Crippen molar-refractivity contribution in [3.63, 3.8) is 0 Å². The Balaban J connectivity index is 2.00. The van der Waals surface area contributed by atoms with Crippen LogP contribution in [0.1, 0.15) is 44.4 Å². The lowest BCUT2D eigenvalue weighted by Gasteiger charge is -2.27. The molecule has 0 aliphatic carbocycles. The fourth-order valence-corrected chi connectivity index (χ4v) is 2.55. The number of aromatic nitrogens is 3. The zero-order chi connectivity index (χ0) is 15.5. The zero-order valence-electron chi connectivity index (χ0n) is 13.6. The second-order valence-corrected chi connectivity index (χ2v) is 7.48. The molecule has 2 N–H and O–H groups in total. The summed E-state index contributed by atoms with van der Waals surface area (Å²) >= 11 is 1.85. The molecule has 0 fully saturated rings. The predicted octanol–water partition coefficient (Wildman–Crippen LogP) is 1.73. The molecule has 6 nitrogen and oxygen atoms in total. The van der Waals surface area contributed by atoms with Crippen LogP contribution in [0.3, 0.4) is 0 Å². The first-order valence-electron chi connectivity index (χ1n) is 7.39. The van der Waals surface area contributed by atoms with Gasteiger partial charge in [-0.25, -0.2) is 9.67 Å². The molecule has 1 aliphatic heterocycles. The van der Waals surface area contributed by atoms with Gasteiger partial charge in [0.2, 0.25) is 0 Å². The summed E-state index contributed by atoms with van der Waals surface area (Å²) in [5.74, 6) is 2.69. The number of aliphatic imine (C=N–C) groups is 1. The Morgan fingerprint density at radius 3 is 2.95 bits per heavy atom. The maximum Gasteiger partial charge on any atom is 0.191 e. The summed E-state index contributed by atoms with van der Waals surface area (Å²) < 4.78 is 2.19. The van der Waals surface area contributed by atoms with Gasteiger partial charge in [0.1, 0.15) is 11.6 Å². The molecule has 21 heavy (non-hydrogen) atoms. The fraction of sp³-hybridized carbons (Fsp3) is 0.786. The van der Waals surface area contributed by atoms with E-state index >= 15 is 0 Å². The zero-order valence-corrected chi connectivity index (χ0v) is 14.4. The molecule has 2 rings (SSSR count). The maximum atomic E-state index is 4.55. The highest BCUT2D eigenvalue weighted by Gasteiger charge is 2.25. The second-order valence-electron chi connectivity index (χ2n) is 5.97. The summed E-state index contributed by atoms with van der Waals surface area (Å²) in [6.07, 6.45) is 4.30. The van der Waals surface area contributed by atoms with Crippen LogP contribution in [0, 0.1) is 6.92 Å². The Morgan fingerprint density at radius 1 is 1.52 bits per heavy atom. The van der Waals surface area contributed by atoms with Crippen molar-refractivity contribution in [1.82, 2.24) is 25.4 Å². The molecule has 0 spiro atoms. The lowest BCUT2D eigenvalue weighted by atomic mass is 10.1. The van der Waals surface area contributed by atoms with Crippen molar-refractivity contribution in [2.45, 2.75) is 50.9 Å². The molecule has 0 saturated heterocycles. The van der Waals surface area contributed by atoms with Gasteiger partial charge in [0.25, 0.3) is 0 Å². The van der Waals surface area contributed by atoms with E-state index in [1.165, 1.54) is 0 Å². The van der Waals surface area contributed by atoms with Gasteiger partial charge in [0.15, 0.2) is 5.96 Å². The molecule has 0 aromatic carbocycles. The second kappa shape index (κ2) is 6.68. The molecule has 0 bridgehead atoms. The minimum absolute atomic E-state index is 0.181. The molecule has 0 amide bonds. The normalized spacial score (nSPS) is 19.3. The summed E-state index contributed by atoms with van der Waals surface area (Å²) in [5, 5.41) is 11.3. The van der Waals surface area contributed by atoms with Crippen LogP contribution in [0.5, 0.6) is 0 Å². The predicted molar refractivity (Wildman–Crippen MR) is 88.8 cm³/mol. The van der Waals surface area contributed by atoms with Gasteiger partial charge in [0.05, 0.1) is 6.04 Å². The Kier molecular flexibility index (Phi) is 5.13. The van der Waals surface area contributed by atoms with Crippen LogP contribution in [0.15, 0.2) is 4.99 Å². The quantitative estimate of drug-likeness (QED) is 0.655. The third kappa shape index (κ3) is 4.12. The van der Waals surface area contributed by atoms with Crippen LogP contribution in [0.25, 0.3) is 0 Å². The third-order valence-electron chi connectivity index (χ3n) is 3.75. The molecule has 0 saturated carbocycles. The van der Waals surface area contributed by atoms with Gasteiger partial charge in [-0.2, -0.15) is 16.9 Å². The van der Waals surface area contributed by atoms with Crippen LogP contribution in [-0.2, 0) is 6.54 Å². The van der Waals surface area contributed by atoms with E-state index < -0.39 is 0 Å². The van der Waals surface area contributed by atoms with Crippen molar-refractivity contribution in [3.05, 3.63) is 11.6 Å². The van der Waals surface area contributed by atoms with Gasteiger partial charge in [-0.3, -0.25) is 4.99 Å². The molecule has 1 aliphatic rings. The Hall–Kier alpha value is -1.24. The first-order chi connectivity index (χ1) is 9.95. The lowest BCUT2D eigenvalue weighted by Crippen LogP contribution is -2.45. The summed E-state index contributed by atoms with van der Waals surface area (Å²) in [6, 6.07) is 0.184. The maximum absolute atomic E-state index is 4.55. The van der Waals surface area contributed by atoms with Crippen molar-refractivity contribution in [2.24, 2.45) is 4.99 Å². The smallest absolute Gasteiger partial charge is 0.191 e. The van der Waals surface area contributed by atoms with Crippen molar-refractivity contribution in [3.8, 4) is 0 Å². The van der Waals surface area contributed by atoms with E-state index in [1.54, 1.807) is 7.05 Å². The number of nitrogens with one attached hydrogen (secondary N) is 2. The standard InChI is InChI=1S/C14H26N6S/c1-10-17-12-11(7-6-8-20(12)19-10)18-13(15-4)16-9-14(2,3)21-5/h11H,6-9H2,1-5H3,(H2,15,16,18). The summed E-state index contributed by atoms with van der Waals surface area (Å²) in [5.41, 5.74) is 0. The minimum atomic E-state index is 0.181. The SMILES string of the molecule is CN=C(NCC(C)(C)SC)NC1CCCn2nc(C)nc21. The van der Waals surface area contributed by atoms with Gasteiger partial charge >= 0.3 is 0 Å². The molecule has 2 heterocycles. The van der Waals surface area contributed by atoms with E-state index in [0.717, 1.165) is 43.5 Å². The number of hydrogen-bond acceptors (Lipinski definition) is 4. The molecule has 7 heteroatoms. The lowest BCUT2D eigenvalue weighted by molar-refractivity contribution is 0.397. The molecular formula is C14H26N6S. The van der Waals surface area contributed by atoms with Gasteiger partial charge in [0, 0.05) is 24.9 Å². The van der Waals surface area contributed by atoms with Crippen molar-refractivity contribution in [1.29, 1.82) is 0 Å². The average molecular weight is 310 g/mol. The van der Waals surface area contributed by atoms with Crippen LogP contribution in [-0.4, -0.2) is 45.3 Å². The van der Waals surface area contributed by atoms with Crippen LogP contribution in [0.4, 0.5) is 0 Å². The Bertz CT molecular complexity index is 508. The molecule has 1 aromatic heterocycles. The number of rotatable bonds is 4. The number of fused-ring (bicyclic) bond motifs is 1. The van der Waals surface area contributed by atoms with Gasteiger partial charge in [-0.15, -0.1) is 0 Å². The Morgan fingerprint density at radius 2 is 2.29 bits per heavy atom. The monoisotopic (exact) mass is 310 g/mol. The van der Waals surface area contributed by atoms with Crippen LogP contribution < -0.4 is 10.6 Å². The molecule has 1 atom stereocenters. The fourth-order valence-electron chi connectivity index (χ4n) is 2.33. The summed E-state index contributed by atoms with van der Waals surface area (Å²) in [4.78, 5) is 8.87. The first kappa shape index (κ1) is 16.1. The largest absolute Gasteiger partial charge is 0.355 e. The topological polar surface area (TPSA) is 67.1 Å². The van der Waals surface area contributed by atoms with Crippen molar-refractivity contribution < 1.29 is 0 Å². The number of nitrogens with zero attached hydrogens (tertiary/aromatic N) is 4. The highest BCUT2D eigenvalue weighted by atomic mass is 32.2. The van der Waals surface area contributed by atoms with Crippen LogP contribution >= 0.6 is 11.8 Å². The van der Waals surface area contributed by atoms with Crippen LogP contribution in [0.2, 0.25) is 0 Å². The van der Waals surface area contributed by atoms with E-state index in [2.05, 4.69) is 45.8 Å². The third-order valence-corrected chi connectivity index (χ3v) is 5.00. The number of hydrogen-bond donors (Lipinski definition) is 2. The van der Waals surface area contributed by atoms with Crippen molar-refractivity contribution in [2.75, 3.05) is 19.8 Å². The molecule has 1 aromatic rings. The summed E-state index contributed by atoms with van der Waals surface area (Å²) in [6.45, 7) is 8.21. The molecule has 118 valence electrons. The molecular weight excluding hydrogens is 284 g/mol. The van der Waals surface area contributed by atoms with E-state index in [4.69, 9.17) is 0 Å². The van der Waals surface area contributed by atoms with E-state index in [1.807, 2.05) is 23.4 Å². The highest BCUT2D eigenvalue weighted by Crippen LogP contribution is 2.23. The number of aryl methyl sites for hydroxylation is 2. The van der Waals surface area contributed by atoms with E-state index in [-0.39, 0.29) is 10.8 Å². The number of thioether (sulfide) groups is 1. The van der Waals surface area contributed by atoms with Crippen molar-refractivity contribution >= 4 is 17.7 Å². The van der Waals surface area contributed by atoms with Gasteiger partial charge in [-0.1, -0.05) is 0 Å². The van der Waals surface area contributed by atoms with E-state index in [0.29, 0.717) is 0 Å². The molecule has 0 radical (unpaired) electrons. The summed E-state index contributed by atoms with van der Waals surface area (Å²) in [7, 11) is 1.81. The van der Waals surface area contributed by atoms with E-state index in [9.17, 15) is 0 Å². The molecule has 1 unspecified atom stereocenters.